The molecule has 1 saturated heterocycles. The van der Waals surface area contributed by atoms with Crippen molar-refractivity contribution in [3.8, 4) is 5.75 Å². The average molecular weight is 298 g/mol. The van der Waals surface area contributed by atoms with E-state index in [0.717, 1.165) is 37.5 Å². The van der Waals surface area contributed by atoms with Crippen LogP contribution in [0.2, 0.25) is 0 Å². The van der Waals surface area contributed by atoms with Crippen LogP contribution in [0.15, 0.2) is 48.7 Å². The minimum absolute atomic E-state index is 0.286. The van der Waals surface area contributed by atoms with Crippen molar-refractivity contribution in [3.05, 3.63) is 59.9 Å². The molecular weight excluding hydrogens is 276 g/mol. The Morgan fingerprint density at radius 2 is 2.05 bits per heavy atom. The summed E-state index contributed by atoms with van der Waals surface area (Å²) in [7, 11) is 0. The van der Waals surface area contributed by atoms with Gasteiger partial charge in [0.15, 0.2) is 0 Å². The van der Waals surface area contributed by atoms with Gasteiger partial charge in [-0.1, -0.05) is 24.3 Å². The van der Waals surface area contributed by atoms with E-state index < -0.39 is 0 Å². The van der Waals surface area contributed by atoms with E-state index in [-0.39, 0.29) is 6.61 Å². The number of aromatic nitrogens is 1. The zero-order chi connectivity index (χ0) is 15.2. The number of nitrogens with zero attached hydrogens (tertiary/aromatic N) is 2. The molecule has 0 aliphatic carbocycles. The monoisotopic (exact) mass is 298 g/mol. The van der Waals surface area contributed by atoms with Crippen molar-refractivity contribution in [2.75, 3.05) is 19.7 Å². The molecule has 0 saturated carbocycles. The van der Waals surface area contributed by atoms with Gasteiger partial charge in [0.25, 0.3) is 0 Å². The van der Waals surface area contributed by atoms with Crippen molar-refractivity contribution < 1.29 is 9.84 Å². The number of likely N-dealkylation sites (tertiary alicyclic amines) is 1. The predicted molar refractivity (Wildman–Crippen MR) is 85.5 cm³/mol. The van der Waals surface area contributed by atoms with Gasteiger partial charge in [-0.3, -0.25) is 9.88 Å². The van der Waals surface area contributed by atoms with Gasteiger partial charge in [-0.25, -0.2) is 0 Å². The molecule has 1 aromatic heterocycles. The largest absolute Gasteiger partial charge is 0.487 e. The summed E-state index contributed by atoms with van der Waals surface area (Å²) in [6.45, 7) is 3.64. The van der Waals surface area contributed by atoms with Gasteiger partial charge in [0, 0.05) is 31.5 Å². The molecule has 2 heterocycles. The molecule has 4 heteroatoms. The van der Waals surface area contributed by atoms with Crippen LogP contribution in [-0.4, -0.2) is 34.7 Å². The van der Waals surface area contributed by atoms with Crippen LogP contribution in [0, 0.1) is 5.92 Å². The first-order chi connectivity index (χ1) is 10.8. The lowest BCUT2D eigenvalue weighted by Crippen LogP contribution is -2.21. The molecule has 1 fully saturated rings. The Hall–Kier alpha value is -1.91. The first-order valence-electron chi connectivity index (χ1n) is 7.79. The number of rotatable bonds is 6. The van der Waals surface area contributed by atoms with Crippen molar-refractivity contribution in [2.45, 2.75) is 19.6 Å². The van der Waals surface area contributed by atoms with E-state index in [4.69, 9.17) is 4.74 Å². The third-order valence-corrected chi connectivity index (χ3v) is 4.10. The molecule has 1 aliphatic rings. The lowest BCUT2D eigenvalue weighted by atomic mass is 10.1. The normalized spacial score (nSPS) is 18.5. The Labute approximate surface area is 131 Å². The summed E-state index contributed by atoms with van der Waals surface area (Å²) in [5.41, 5.74) is 2.12. The highest BCUT2D eigenvalue weighted by Gasteiger charge is 2.22. The van der Waals surface area contributed by atoms with E-state index in [0.29, 0.717) is 12.5 Å². The predicted octanol–water partition coefficient (Wildman–Crippen LogP) is 2.47. The Morgan fingerprint density at radius 1 is 1.18 bits per heavy atom. The summed E-state index contributed by atoms with van der Waals surface area (Å²) in [6.07, 6.45) is 2.86. The summed E-state index contributed by atoms with van der Waals surface area (Å²) in [4.78, 5) is 6.66. The first-order valence-corrected chi connectivity index (χ1v) is 7.79. The van der Waals surface area contributed by atoms with Crippen molar-refractivity contribution in [1.82, 2.24) is 9.88 Å². The van der Waals surface area contributed by atoms with E-state index in [2.05, 4.69) is 16.0 Å². The van der Waals surface area contributed by atoms with Gasteiger partial charge < -0.3 is 9.84 Å². The van der Waals surface area contributed by atoms with Gasteiger partial charge in [0.2, 0.25) is 0 Å². The fourth-order valence-corrected chi connectivity index (χ4v) is 2.86. The maximum Gasteiger partial charge on any atom is 0.130 e. The van der Waals surface area contributed by atoms with Gasteiger partial charge in [-0.2, -0.15) is 0 Å². The number of benzene rings is 1. The molecule has 1 unspecified atom stereocenters. The summed E-state index contributed by atoms with van der Waals surface area (Å²) < 4.78 is 5.95. The third kappa shape index (κ3) is 3.84. The standard InChI is InChI=1S/C18H22N2O2/c21-13-15-8-10-20(11-15)12-16-5-1-2-7-18(16)22-14-17-6-3-4-9-19-17/h1-7,9,15,21H,8,10-14H2. The lowest BCUT2D eigenvalue weighted by Gasteiger charge is -2.18. The van der Waals surface area contributed by atoms with Gasteiger partial charge in [-0.15, -0.1) is 0 Å². The molecule has 22 heavy (non-hydrogen) atoms. The number of ether oxygens (including phenoxy) is 1. The van der Waals surface area contributed by atoms with Crippen LogP contribution in [0.5, 0.6) is 5.75 Å². The number of aliphatic hydroxyl groups is 1. The minimum Gasteiger partial charge on any atom is -0.487 e. The molecule has 0 radical (unpaired) electrons. The number of aliphatic hydroxyl groups excluding tert-OH is 1. The van der Waals surface area contributed by atoms with Gasteiger partial charge >= 0.3 is 0 Å². The van der Waals surface area contributed by atoms with Gasteiger partial charge in [0.05, 0.1) is 5.69 Å². The summed E-state index contributed by atoms with van der Waals surface area (Å²) >= 11 is 0. The Morgan fingerprint density at radius 3 is 2.82 bits per heavy atom. The minimum atomic E-state index is 0.286. The maximum absolute atomic E-state index is 9.26. The van der Waals surface area contributed by atoms with Crippen molar-refractivity contribution in [2.24, 2.45) is 5.92 Å². The maximum atomic E-state index is 9.26. The topological polar surface area (TPSA) is 45.6 Å². The fourth-order valence-electron chi connectivity index (χ4n) is 2.86. The molecule has 1 aromatic carbocycles. The second kappa shape index (κ2) is 7.38. The van der Waals surface area contributed by atoms with Crippen LogP contribution < -0.4 is 4.74 Å². The Bertz CT molecular complexity index is 589. The number of hydrogen-bond acceptors (Lipinski definition) is 4. The van der Waals surface area contributed by atoms with Crippen molar-refractivity contribution in [3.63, 3.8) is 0 Å². The van der Waals surface area contributed by atoms with Crippen LogP contribution >= 0.6 is 0 Å². The summed E-state index contributed by atoms with van der Waals surface area (Å²) in [5.74, 6) is 1.34. The second-order valence-electron chi connectivity index (χ2n) is 5.79. The molecule has 0 bridgehead atoms. The van der Waals surface area contributed by atoms with E-state index in [9.17, 15) is 5.11 Å². The molecule has 1 atom stereocenters. The SMILES string of the molecule is OCC1CCN(Cc2ccccc2OCc2ccccn2)C1. The Balaban J connectivity index is 1.63. The molecule has 1 N–H and O–H groups in total. The van der Waals surface area contributed by atoms with Crippen molar-refractivity contribution >= 4 is 0 Å². The van der Waals surface area contributed by atoms with E-state index in [1.165, 1.54) is 5.56 Å². The molecule has 4 nitrogen and oxygen atoms in total. The van der Waals surface area contributed by atoms with Crippen LogP contribution in [0.25, 0.3) is 0 Å². The molecule has 116 valence electrons. The highest BCUT2D eigenvalue weighted by atomic mass is 16.5. The van der Waals surface area contributed by atoms with E-state index in [1.54, 1.807) is 6.20 Å². The zero-order valence-electron chi connectivity index (χ0n) is 12.7. The summed E-state index contributed by atoms with van der Waals surface area (Å²) in [5, 5.41) is 9.26. The second-order valence-corrected chi connectivity index (χ2v) is 5.79. The Kier molecular flexibility index (Phi) is 5.03. The average Bonchev–Trinajstić information content (AvgIpc) is 3.03. The molecule has 3 rings (SSSR count). The van der Waals surface area contributed by atoms with Gasteiger partial charge in [0.1, 0.15) is 12.4 Å². The highest BCUT2D eigenvalue weighted by Crippen LogP contribution is 2.24. The smallest absolute Gasteiger partial charge is 0.130 e. The third-order valence-electron chi connectivity index (χ3n) is 4.10. The van der Waals surface area contributed by atoms with Crippen molar-refractivity contribution in [1.29, 1.82) is 0 Å². The molecular formula is C18H22N2O2. The molecule has 0 spiro atoms. The van der Waals surface area contributed by atoms with Crippen LogP contribution in [-0.2, 0) is 13.2 Å². The van der Waals surface area contributed by atoms with Crippen LogP contribution in [0.3, 0.4) is 0 Å². The number of hydrogen-bond donors (Lipinski definition) is 1. The van der Waals surface area contributed by atoms with Gasteiger partial charge in [-0.05, 0) is 37.1 Å². The molecule has 2 aromatic rings. The number of pyridine rings is 1. The van der Waals surface area contributed by atoms with E-state index >= 15 is 0 Å². The molecule has 0 amide bonds. The van der Waals surface area contributed by atoms with Crippen LogP contribution in [0.1, 0.15) is 17.7 Å². The zero-order valence-corrected chi connectivity index (χ0v) is 12.7. The summed E-state index contributed by atoms with van der Waals surface area (Å²) in [6, 6.07) is 14.0. The first kappa shape index (κ1) is 15.0. The number of para-hydroxylation sites is 1. The quantitative estimate of drug-likeness (QED) is 0.890. The molecule has 1 aliphatic heterocycles. The fraction of sp³-hybridized carbons (Fsp3) is 0.389. The lowest BCUT2D eigenvalue weighted by molar-refractivity contribution is 0.218. The highest BCUT2D eigenvalue weighted by molar-refractivity contribution is 5.33. The van der Waals surface area contributed by atoms with E-state index in [1.807, 2.05) is 36.4 Å². The van der Waals surface area contributed by atoms with Crippen LogP contribution in [0.4, 0.5) is 0 Å².